The average molecular weight is 158 g/mol. The number of nitrogens with one attached hydrogen (secondary N) is 2. The van der Waals surface area contributed by atoms with Gasteiger partial charge in [0.15, 0.2) is 5.11 Å². The van der Waals surface area contributed by atoms with Crippen molar-refractivity contribution in [2.45, 2.75) is 32.2 Å². The third-order valence-corrected chi connectivity index (χ3v) is 2.00. The molecule has 2 N–H and O–H groups in total. The summed E-state index contributed by atoms with van der Waals surface area (Å²) in [4.78, 5) is 0. The summed E-state index contributed by atoms with van der Waals surface area (Å²) in [5.41, 5.74) is 0.319. The van der Waals surface area contributed by atoms with E-state index in [1.807, 2.05) is 6.92 Å². The molecular formula is C7H14N2S. The fraction of sp³-hybridized carbons (Fsp3) is 0.857. The average Bonchev–Trinajstić information content (AvgIpc) is 2.48. The second kappa shape index (κ2) is 2.74. The third kappa shape index (κ3) is 2.14. The summed E-state index contributed by atoms with van der Waals surface area (Å²) in [6.07, 6.45) is 2.50. The Labute approximate surface area is 67.4 Å². The highest BCUT2D eigenvalue weighted by atomic mass is 32.1. The quantitative estimate of drug-likeness (QED) is 0.587. The van der Waals surface area contributed by atoms with Crippen molar-refractivity contribution >= 4 is 17.3 Å². The van der Waals surface area contributed by atoms with Crippen LogP contribution >= 0.6 is 12.2 Å². The van der Waals surface area contributed by atoms with Gasteiger partial charge >= 0.3 is 0 Å². The first-order chi connectivity index (χ1) is 4.66. The molecule has 1 aliphatic rings. The van der Waals surface area contributed by atoms with E-state index in [9.17, 15) is 0 Å². The lowest BCUT2D eigenvalue weighted by atomic mass is 10.3. The van der Waals surface area contributed by atoms with E-state index in [4.69, 9.17) is 12.2 Å². The maximum Gasteiger partial charge on any atom is 0.166 e. The van der Waals surface area contributed by atoms with Crippen LogP contribution in [-0.4, -0.2) is 17.2 Å². The van der Waals surface area contributed by atoms with Crippen molar-refractivity contribution in [3.05, 3.63) is 0 Å². The SMILES string of the molecule is CCNC(=S)NC1(C)CC1. The van der Waals surface area contributed by atoms with E-state index in [0.717, 1.165) is 11.7 Å². The first kappa shape index (κ1) is 7.79. The van der Waals surface area contributed by atoms with Gasteiger partial charge in [0, 0.05) is 12.1 Å². The molecule has 0 unspecified atom stereocenters. The van der Waals surface area contributed by atoms with Crippen LogP contribution < -0.4 is 10.6 Å². The Bertz CT molecular complexity index is 141. The summed E-state index contributed by atoms with van der Waals surface area (Å²) in [6, 6.07) is 0. The normalized spacial score (nSPS) is 19.8. The molecule has 0 aromatic rings. The Morgan fingerprint density at radius 1 is 1.60 bits per heavy atom. The largest absolute Gasteiger partial charge is 0.363 e. The van der Waals surface area contributed by atoms with E-state index in [1.165, 1.54) is 12.8 Å². The molecule has 0 heterocycles. The number of hydrogen-bond donors (Lipinski definition) is 2. The lowest BCUT2D eigenvalue weighted by molar-refractivity contribution is 0.656. The van der Waals surface area contributed by atoms with Crippen LogP contribution in [0.25, 0.3) is 0 Å². The molecule has 1 saturated carbocycles. The first-order valence-electron chi connectivity index (χ1n) is 3.72. The topological polar surface area (TPSA) is 24.1 Å². The second-order valence-electron chi connectivity index (χ2n) is 3.05. The zero-order chi connectivity index (χ0) is 7.61. The smallest absolute Gasteiger partial charge is 0.166 e. The van der Waals surface area contributed by atoms with Crippen LogP contribution in [0.15, 0.2) is 0 Å². The van der Waals surface area contributed by atoms with Crippen molar-refractivity contribution in [3.63, 3.8) is 0 Å². The number of hydrogen-bond acceptors (Lipinski definition) is 1. The minimum absolute atomic E-state index is 0.319. The van der Waals surface area contributed by atoms with Gasteiger partial charge in [0.25, 0.3) is 0 Å². The molecule has 2 nitrogen and oxygen atoms in total. The first-order valence-corrected chi connectivity index (χ1v) is 4.13. The standard InChI is InChI=1S/C7H14N2S/c1-3-8-6(10)9-7(2)4-5-7/h3-5H2,1-2H3,(H2,8,9,10). The lowest BCUT2D eigenvalue weighted by Gasteiger charge is -2.13. The molecule has 0 aromatic carbocycles. The summed E-state index contributed by atoms with van der Waals surface area (Å²) in [5, 5.41) is 7.11. The Balaban J connectivity index is 2.18. The van der Waals surface area contributed by atoms with Gasteiger partial charge in [-0.15, -0.1) is 0 Å². The zero-order valence-electron chi connectivity index (χ0n) is 6.53. The molecule has 0 amide bonds. The van der Waals surface area contributed by atoms with Gasteiger partial charge in [-0.25, -0.2) is 0 Å². The molecule has 0 radical (unpaired) electrons. The highest BCUT2D eigenvalue weighted by molar-refractivity contribution is 7.80. The van der Waals surface area contributed by atoms with Crippen LogP contribution in [0.3, 0.4) is 0 Å². The van der Waals surface area contributed by atoms with E-state index < -0.39 is 0 Å². The molecule has 1 rings (SSSR count). The minimum atomic E-state index is 0.319. The second-order valence-corrected chi connectivity index (χ2v) is 3.45. The highest BCUT2D eigenvalue weighted by Crippen LogP contribution is 2.33. The molecule has 58 valence electrons. The molecule has 0 aliphatic heterocycles. The molecule has 0 saturated heterocycles. The summed E-state index contributed by atoms with van der Waals surface area (Å²) in [6.45, 7) is 5.14. The molecule has 3 heteroatoms. The Morgan fingerprint density at radius 2 is 2.20 bits per heavy atom. The summed E-state index contributed by atoms with van der Waals surface area (Å²) in [7, 11) is 0. The van der Waals surface area contributed by atoms with Gasteiger partial charge in [-0.1, -0.05) is 0 Å². The predicted molar refractivity (Wildman–Crippen MR) is 47.0 cm³/mol. The van der Waals surface area contributed by atoms with Gasteiger partial charge in [0.1, 0.15) is 0 Å². The molecule has 0 aromatic heterocycles. The monoisotopic (exact) mass is 158 g/mol. The van der Waals surface area contributed by atoms with Crippen molar-refractivity contribution in [1.29, 1.82) is 0 Å². The fourth-order valence-electron chi connectivity index (χ4n) is 0.791. The Morgan fingerprint density at radius 3 is 2.60 bits per heavy atom. The maximum absolute atomic E-state index is 5.02. The van der Waals surface area contributed by atoms with Crippen molar-refractivity contribution in [2.24, 2.45) is 0 Å². The van der Waals surface area contributed by atoms with E-state index in [2.05, 4.69) is 17.6 Å². The van der Waals surface area contributed by atoms with E-state index in [1.54, 1.807) is 0 Å². The van der Waals surface area contributed by atoms with Crippen LogP contribution in [0.2, 0.25) is 0 Å². The van der Waals surface area contributed by atoms with Crippen LogP contribution in [0.4, 0.5) is 0 Å². The minimum Gasteiger partial charge on any atom is -0.363 e. The third-order valence-electron chi connectivity index (χ3n) is 1.75. The van der Waals surface area contributed by atoms with Crippen molar-refractivity contribution in [2.75, 3.05) is 6.54 Å². The molecule has 0 atom stereocenters. The zero-order valence-corrected chi connectivity index (χ0v) is 7.35. The highest BCUT2D eigenvalue weighted by Gasteiger charge is 2.37. The van der Waals surface area contributed by atoms with E-state index in [-0.39, 0.29) is 0 Å². The molecule has 1 aliphatic carbocycles. The van der Waals surface area contributed by atoms with Crippen molar-refractivity contribution in [3.8, 4) is 0 Å². The van der Waals surface area contributed by atoms with Crippen LogP contribution in [0, 0.1) is 0 Å². The van der Waals surface area contributed by atoms with Crippen LogP contribution in [0.1, 0.15) is 26.7 Å². The van der Waals surface area contributed by atoms with Gasteiger partial charge in [-0.05, 0) is 38.9 Å². The van der Waals surface area contributed by atoms with E-state index in [0.29, 0.717) is 5.54 Å². The van der Waals surface area contributed by atoms with Gasteiger partial charge in [-0.2, -0.15) is 0 Å². The summed E-state index contributed by atoms with van der Waals surface area (Å²) < 4.78 is 0. The van der Waals surface area contributed by atoms with Crippen molar-refractivity contribution in [1.82, 2.24) is 10.6 Å². The summed E-state index contributed by atoms with van der Waals surface area (Å²) >= 11 is 5.02. The van der Waals surface area contributed by atoms with Crippen molar-refractivity contribution < 1.29 is 0 Å². The Hall–Kier alpha value is -0.310. The Kier molecular flexibility index (Phi) is 2.14. The molecule has 10 heavy (non-hydrogen) atoms. The number of rotatable bonds is 2. The van der Waals surface area contributed by atoms with E-state index >= 15 is 0 Å². The van der Waals surface area contributed by atoms with Crippen LogP contribution in [-0.2, 0) is 0 Å². The molecule has 0 spiro atoms. The van der Waals surface area contributed by atoms with Gasteiger partial charge in [0.05, 0.1) is 0 Å². The van der Waals surface area contributed by atoms with Gasteiger partial charge < -0.3 is 10.6 Å². The molecule has 1 fully saturated rings. The maximum atomic E-state index is 5.02. The fourth-order valence-corrected chi connectivity index (χ4v) is 1.18. The lowest BCUT2D eigenvalue weighted by Crippen LogP contribution is -2.41. The molecular weight excluding hydrogens is 144 g/mol. The summed E-state index contributed by atoms with van der Waals surface area (Å²) in [5.74, 6) is 0. The van der Waals surface area contributed by atoms with Gasteiger partial charge in [0.2, 0.25) is 0 Å². The number of thiocarbonyl (C=S) groups is 1. The molecule has 0 bridgehead atoms. The van der Waals surface area contributed by atoms with Crippen LogP contribution in [0.5, 0.6) is 0 Å². The van der Waals surface area contributed by atoms with Gasteiger partial charge in [-0.3, -0.25) is 0 Å². The predicted octanol–water partition coefficient (Wildman–Crippen LogP) is 1.02.